The number of ether oxygens (including phenoxy) is 1. The van der Waals surface area contributed by atoms with Crippen molar-refractivity contribution >= 4 is 0 Å². The van der Waals surface area contributed by atoms with Gasteiger partial charge in [-0.2, -0.15) is 0 Å². The smallest absolute Gasteiger partial charge is 0.0761 e. The topological polar surface area (TPSA) is 21.3 Å². The minimum absolute atomic E-state index is 0.331. The third-order valence-electron chi connectivity index (χ3n) is 3.94. The molecule has 0 aromatic heterocycles. The predicted molar refractivity (Wildman–Crippen MR) is 77.5 cm³/mol. The van der Waals surface area contributed by atoms with E-state index in [2.05, 4.69) is 24.1 Å². The van der Waals surface area contributed by atoms with Gasteiger partial charge < -0.3 is 10.1 Å². The van der Waals surface area contributed by atoms with Crippen molar-refractivity contribution in [1.29, 1.82) is 0 Å². The van der Waals surface area contributed by atoms with E-state index in [9.17, 15) is 0 Å². The lowest BCUT2D eigenvalue weighted by atomic mass is 9.82. The number of rotatable bonds is 7. The lowest BCUT2D eigenvalue weighted by molar-refractivity contribution is 0.00950. The average molecular weight is 251 g/mol. The van der Waals surface area contributed by atoms with Crippen LogP contribution in [-0.4, -0.2) is 25.8 Å². The van der Waals surface area contributed by atoms with Crippen molar-refractivity contribution in [3.8, 4) is 11.8 Å². The molecule has 1 saturated carbocycles. The standard InChI is InChI=1S/C16H29NO/c1-4-6-12-15(17-13-5-2)16(18-3)14-10-8-7-9-11-14/h14-17H,5,7-13H2,1-3H3. The largest absolute Gasteiger partial charge is 0.380 e. The Morgan fingerprint density at radius 2 is 2.00 bits per heavy atom. The van der Waals surface area contributed by atoms with Gasteiger partial charge in [0, 0.05) is 19.6 Å². The maximum absolute atomic E-state index is 5.82. The van der Waals surface area contributed by atoms with Crippen molar-refractivity contribution in [2.45, 2.75) is 70.9 Å². The Morgan fingerprint density at radius 3 is 2.56 bits per heavy atom. The molecule has 0 heterocycles. The van der Waals surface area contributed by atoms with E-state index in [1.807, 2.05) is 14.0 Å². The molecule has 0 bridgehead atoms. The Bertz CT molecular complexity index is 260. The summed E-state index contributed by atoms with van der Waals surface area (Å²) in [6.07, 6.45) is 9.18. The van der Waals surface area contributed by atoms with Crippen molar-refractivity contribution < 1.29 is 4.74 Å². The summed E-state index contributed by atoms with van der Waals surface area (Å²) in [5.41, 5.74) is 0. The van der Waals surface area contributed by atoms with Crippen LogP contribution in [0.2, 0.25) is 0 Å². The summed E-state index contributed by atoms with van der Waals surface area (Å²) in [5.74, 6) is 6.95. The number of hydrogen-bond donors (Lipinski definition) is 1. The van der Waals surface area contributed by atoms with Crippen molar-refractivity contribution in [1.82, 2.24) is 5.32 Å². The molecule has 104 valence electrons. The van der Waals surface area contributed by atoms with Gasteiger partial charge in [-0.15, -0.1) is 11.8 Å². The zero-order valence-corrected chi connectivity index (χ0v) is 12.3. The molecule has 0 saturated heterocycles. The molecule has 2 heteroatoms. The van der Waals surface area contributed by atoms with Crippen LogP contribution in [0.4, 0.5) is 0 Å². The molecule has 0 spiro atoms. The molecule has 1 fully saturated rings. The second kappa shape index (κ2) is 9.42. The van der Waals surface area contributed by atoms with E-state index in [0.717, 1.165) is 25.3 Å². The third-order valence-corrected chi connectivity index (χ3v) is 3.94. The molecular weight excluding hydrogens is 222 g/mol. The van der Waals surface area contributed by atoms with Crippen LogP contribution >= 0.6 is 0 Å². The van der Waals surface area contributed by atoms with E-state index in [-0.39, 0.29) is 0 Å². The monoisotopic (exact) mass is 251 g/mol. The van der Waals surface area contributed by atoms with Gasteiger partial charge in [-0.05, 0) is 38.6 Å². The maximum atomic E-state index is 5.82. The molecule has 1 aliphatic rings. The first kappa shape index (κ1) is 15.5. The predicted octanol–water partition coefficient (Wildman–Crippen LogP) is 3.36. The fraction of sp³-hybridized carbons (Fsp3) is 0.875. The summed E-state index contributed by atoms with van der Waals surface area (Å²) < 4.78 is 5.82. The summed E-state index contributed by atoms with van der Waals surface area (Å²) >= 11 is 0. The van der Waals surface area contributed by atoms with E-state index in [1.165, 1.54) is 32.1 Å². The van der Waals surface area contributed by atoms with Gasteiger partial charge in [-0.25, -0.2) is 0 Å². The number of methoxy groups -OCH3 is 1. The molecule has 0 amide bonds. The van der Waals surface area contributed by atoms with Gasteiger partial charge in [-0.1, -0.05) is 26.2 Å². The molecule has 2 atom stereocenters. The summed E-state index contributed by atoms with van der Waals surface area (Å²) in [6, 6.07) is 0.394. The minimum Gasteiger partial charge on any atom is -0.380 e. The second-order valence-corrected chi connectivity index (χ2v) is 5.29. The Labute approximate surface area is 113 Å². The van der Waals surface area contributed by atoms with Gasteiger partial charge in [0.15, 0.2) is 0 Å². The molecule has 0 aromatic carbocycles. The normalized spacial score (nSPS) is 19.9. The van der Waals surface area contributed by atoms with Crippen LogP contribution in [0.5, 0.6) is 0 Å². The second-order valence-electron chi connectivity index (χ2n) is 5.29. The maximum Gasteiger partial charge on any atom is 0.0761 e. The van der Waals surface area contributed by atoms with Gasteiger partial charge in [0.05, 0.1) is 6.10 Å². The highest BCUT2D eigenvalue weighted by atomic mass is 16.5. The van der Waals surface area contributed by atoms with Crippen LogP contribution in [0.3, 0.4) is 0 Å². The summed E-state index contributed by atoms with van der Waals surface area (Å²) in [5, 5.41) is 3.63. The molecule has 1 rings (SSSR count). The van der Waals surface area contributed by atoms with Crippen LogP contribution in [0, 0.1) is 17.8 Å². The lowest BCUT2D eigenvalue weighted by Crippen LogP contribution is -2.45. The van der Waals surface area contributed by atoms with Gasteiger partial charge >= 0.3 is 0 Å². The SMILES string of the molecule is CC#CCC(NCCC)C(OC)C1CCCCC1. The van der Waals surface area contributed by atoms with Crippen molar-refractivity contribution in [3.63, 3.8) is 0 Å². The first-order valence-corrected chi connectivity index (χ1v) is 7.49. The van der Waals surface area contributed by atoms with Crippen molar-refractivity contribution in [2.75, 3.05) is 13.7 Å². The first-order chi connectivity index (χ1) is 8.83. The van der Waals surface area contributed by atoms with Gasteiger partial charge in [0.2, 0.25) is 0 Å². The molecular formula is C16H29NO. The Kier molecular flexibility index (Phi) is 8.13. The third kappa shape index (κ3) is 5.00. The van der Waals surface area contributed by atoms with E-state index < -0.39 is 0 Å². The fourth-order valence-corrected chi connectivity index (χ4v) is 2.99. The van der Waals surface area contributed by atoms with Crippen LogP contribution in [-0.2, 0) is 4.74 Å². The zero-order chi connectivity index (χ0) is 13.2. The van der Waals surface area contributed by atoms with Crippen LogP contribution < -0.4 is 5.32 Å². The van der Waals surface area contributed by atoms with Crippen LogP contribution in [0.25, 0.3) is 0 Å². The number of nitrogens with one attached hydrogen (secondary N) is 1. The van der Waals surface area contributed by atoms with Gasteiger partial charge in [0.25, 0.3) is 0 Å². The first-order valence-electron chi connectivity index (χ1n) is 7.49. The number of hydrogen-bond acceptors (Lipinski definition) is 2. The molecule has 1 N–H and O–H groups in total. The minimum atomic E-state index is 0.331. The van der Waals surface area contributed by atoms with Crippen molar-refractivity contribution in [2.24, 2.45) is 5.92 Å². The highest BCUT2D eigenvalue weighted by molar-refractivity contribution is 5.01. The van der Waals surface area contributed by atoms with Crippen LogP contribution in [0.15, 0.2) is 0 Å². The van der Waals surface area contributed by atoms with Gasteiger partial charge in [-0.3, -0.25) is 0 Å². The average Bonchev–Trinajstić information content (AvgIpc) is 2.43. The van der Waals surface area contributed by atoms with Gasteiger partial charge in [0.1, 0.15) is 0 Å². The summed E-state index contributed by atoms with van der Waals surface area (Å²) in [7, 11) is 1.86. The highest BCUT2D eigenvalue weighted by Crippen LogP contribution is 2.29. The van der Waals surface area contributed by atoms with Crippen molar-refractivity contribution in [3.05, 3.63) is 0 Å². The van der Waals surface area contributed by atoms with E-state index in [1.54, 1.807) is 0 Å². The Balaban J connectivity index is 2.60. The Hall–Kier alpha value is -0.520. The zero-order valence-electron chi connectivity index (χ0n) is 12.3. The summed E-state index contributed by atoms with van der Waals surface area (Å²) in [4.78, 5) is 0. The lowest BCUT2D eigenvalue weighted by Gasteiger charge is -2.34. The summed E-state index contributed by atoms with van der Waals surface area (Å²) in [6.45, 7) is 5.18. The molecule has 18 heavy (non-hydrogen) atoms. The molecule has 1 aliphatic carbocycles. The quantitative estimate of drug-likeness (QED) is 0.701. The highest BCUT2D eigenvalue weighted by Gasteiger charge is 2.29. The molecule has 2 unspecified atom stereocenters. The van der Waals surface area contributed by atoms with E-state index >= 15 is 0 Å². The van der Waals surface area contributed by atoms with E-state index in [4.69, 9.17) is 4.74 Å². The molecule has 0 aliphatic heterocycles. The Morgan fingerprint density at radius 1 is 1.28 bits per heavy atom. The fourth-order valence-electron chi connectivity index (χ4n) is 2.99. The van der Waals surface area contributed by atoms with E-state index in [0.29, 0.717) is 12.1 Å². The molecule has 2 nitrogen and oxygen atoms in total. The van der Waals surface area contributed by atoms with Crippen LogP contribution in [0.1, 0.15) is 58.8 Å². The molecule has 0 aromatic rings. The molecule has 0 radical (unpaired) electrons.